The summed E-state index contributed by atoms with van der Waals surface area (Å²) >= 11 is 0. The summed E-state index contributed by atoms with van der Waals surface area (Å²) in [4.78, 5) is 4.55. The molecule has 4 heteroatoms. The van der Waals surface area contributed by atoms with Gasteiger partial charge in [0.1, 0.15) is 11.9 Å². The van der Waals surface area contributed by atoms with Gasteiger partial charge in [0.05, 0.1) is 18.2 Å². The number of ether oxygens (including phenoxy) is 1. The third-order valence-corrected chi connectivity index (χ3v) is 6.15. The van der Waals surface area contributed by atoms with Gasteiger partial charge >= 0.3 is 0 Å². The van der Waals surface area contributed by atoms with Crippen molar-refractivity contribution < 1.29 is 4.74 Å². The van der Waals surface area contributed by atoms with Gasteiger partial charge in [-0.1, -0.05) is 78.9 Å². The molecule has 166 valence electrons. The monoisotopic (exact) mass is 443 g/mol. The van der Waals surface area contributed by atoms with Crippen LogP contribution >= 0.6 is 0 Å². The number of aryl methyl sites for hydroxylation is 1. The lowest BCUT2D eigenvalue weighted by Crippen LogP contribution is -2.13. The summed E-state index contributed by atoms with van der Waals surface area (Å²) in [6.07, 6.45) is 4.30. The molecule has 5 rings (SSSR count). The van der Waals surface area contributed by atoms with E-state index >= 15 is 0 Å². The Bertz CT molecular complexity index is 1460. The van der Waals surface area contributed by atoms with E-state index in [9.17, 15) is 5.26 Å². The molecule has 0 aliphatic heterocycles. The highest BCUT2D eigenvalue weighted by atomic mass is 16.5. The highest BCUT2D eigenvalue weighted by molar-refractivity contribution is 5.97. The van der Waals surface area contributed by atoms with Crippen molar-refractivity contribution in [3.63, 3.8) is 0 Å². The molecule has 0 N–H and O–H groups in total. The minimum Gasteiger partial charge on any atom is -0.365 e. The number of hydrogen-bond donors (Lipinski definition) is 0. The summed E-state index contributed by atoms with van der Waals surface area (Å²) in [5.74, 6) is 0.895. The van der Waals surface area contributed by atoms with Crippen LogP contribution in [-0.2, 0) is 24.8 Å². The number of imidazole rings is 1. The molecule has 0 aliphatic carbocycles. The van der Waals surface area contributed by atoms with Crippen LogP contribution in [0.25, 0.3) is 21.9 Å². The second kappa shape index (κ2) is 9.74. The average Bonchev–Trinajstić information content (AvgIpc) is 3.32. The first-order valence-corrected chi connectivity index (χ1v) is 11.4. The maximum absolute atomic E-state index is 9.79. The normalized spacial score (nSPS) is 11.9. The molecule has 0 amide bonds. The van der Waals surface area contributed by atoms with Crippen LogP contribution in [0.5, 0.6) is 0 Å². The fourth-order valence-electron chi connectivity index (χ4n) is 4.40. The predicted octanol–water partition coefficient (Wildman–Crippen LogP) is 6.61. The van der Waals surface area contributed by atoms with E-state index in [-0.39, 0.29) is 6.10 Å². The smallest absolute Gasteiger partial charge is 0.138 e. The quantitative estimate of drug-likeness (QED) is 0.284. The van der Waals surface area contributed by atoms with E-state index in [2.05, 4.69) is 53.5 Å². The van der Waals surface area contributed by atoms with Gasteiger partial charge in [-0.2, -0.15) is 5.26 Å². The molecular formula is C30H25N3O. The molecule has 5 aromatic rings. The first-order chi connectivity index (χ1) is 16.7. The molecule has 0 radical (unpaired) electrons. The highest BCUT2D eigenvalue weighted by Gasteiger charge is 2.18. The lowest BCUT2D eigenvalue weighted by Gasteiger charge is -2.19. The van der Waals surface area contributed by atoms with E-state index in [1.807, 2.05) is 66.3 Å². The standard InChI is InChI=1S/C30H25N3O/c1-33-17-16-32-30(33)29(19-22-8-3-2-4-9-22)34-21-23-14-15-25(20-31)28(18-23)27-13-7-11-24-10-5-6-12-26(24)27/h2-18,29H,19,21H2,1H3. The van der Waals surface area contributed by atoms with E-state index in [4.69, 9.17) is 4.74 Å². The van der Waals surface area contributed by atoms with Gasteiger partial charge in [0.15, 0.2) is 0 Å². The van der Waals surface area contributed by atoms with Gasteiger partial charge in [-0.3, -0.25) is 0 Å². The SMILES string of the molecule is Cn1ccnc1C(Cc1ccccc1)OCc1ccc(C#N)c(-c2cccc3ccccc23)c1. The molecule has 0 saturated carbocycles. The minimum atomic E-state index is -0.181. The molecule has 1 atom stereocenters. The Morgan fingerprint density at radius 3 is 2.47 bits per heavy atom. The number of aromatic nitrogens is 2. The lowest BCUT2D eigenvalue weighted by molar-refractivity contribution is 0.0324. The molecule has 0 aliphatic rings. The molecule has 0 saturated heterocycles. The second-order valence-electron chi connectivity index (χ2n) is 8.40. The Hall–Kier alpha value is -4.20. The number of nitriles is 1. The van der Waals surface area contributed by atoms with Gasteiger partial charge in [0.2, 0.25) is 0 Å². The fourth-order valence-corrected chi connectivity index (χ4v) is 4.40. The van der Waals surface area contributed by atoms with Gasteiger partial charge in [0.25, 0.3) is 0 Å². The van der Waals surface area contributed by atoms with E-state index in [0.29, 0.717) is 12.2 Å². The van der Waals surface area contributed by atoms with Gasteiger partial charge < -0.3 is 9.30 Å². The van der Waals surface area contributed by atoms with Crippen molar-refractivity contribution in [2.45, 2.75) is 19.1 Å². The van der Waals surface area contributed by atoms with E-state index in [1.165, 1.54) is 5.56 Å². The molecule has 1 unspecified atom stereocenters. The third kappa shape index (κ3) is 4.47. The molecule has 4 nitrogen and oxygen atoms in total. The molecule has 4 aromatic carbocycles. The second-order valence-corrected chi connectivity index (χ2v) is 8.40. The van der Waals surface area contributed by atoms with Crippen LogP contribution in [0.1, 0.15) is 28.6 Å². The Morgan fingerprint density at radius 2 is 1.68 bits per heavy atom. The van der Waals surface area contributed by atoms with Crippen molar-refractivity contribution >= 4 is 10.8 Å². The van der Waals surface area contributed by atoms with E-state index < -0.39 is 0 Å². The average molecular weight is 444 g/mol. The van der Waals surface area contributed by atoms with Crippen LogP contribution in [0.3, 0.4) is 0 Å². The van der Waals surface area contributed by atoms with Crippen molar-refractivity contribution in [1.82, 2.24) is 9.55 Å². The van der Waals surface area contributed by atoms with Crippen LogP contribution in [-0.4, -0.2) is 9.55 Å². The predicted molar refractivity (Wildman–Crippen MR) is 135 cm³/mol. The number of nitrogens with zero attached hydrogens (tertiary/aromatic N) is 3. The Morgan fingerprint density at radius 1 is 0.882 bits per heavy atom. The van der Waals surface area contributed by atoms with Gasteiger partial charge in [-0.05, 0) is 39.6 Å². The van der Waals surface area contributed by atoms with Crippen LogP contribution in [0.2, 0.25) is 0 Å². The van der Waals surface area contributed by atoms with Gasteiger partial charge in [-0.15, -0.1) is 0 Å². The summed E-state index contributed by atoms with van der Waals surface area (Å²) in [7, 11) is 1.99. The number of hydrogen-bond acceptors (Lipinski definition) is 3. The van der Waals surface area contributed by atoms with Gasteiger partial charge in [-0.25, -0.2) is 4.98 Å². The van der Waals surface area contributed by atoms with Crippen LogP contribution in [0.4, 0.5) is 0 Å². The summed E-state index contributed by atoms with van der Waals surface area (Å²) < 4.78 is 8.45. The van der Waals surface area contributed by atoms with Crippen LogP contribution < -0.4 is 0 Å². The van der Waals surface area contributed by atoms with E-state index in [1.54, 1.807) is 6.20 Å². The van der Waals surface area contributed by atoms with Crippen LogP contribution in [0.15, 0.2) is 103 Å². The van der Waals surface area contributed by atoms with Gasteiger partial charge in [0, 0.05) is 31.4 Å². The van der Waals surface area contributed by atoms with Crippen molar-refractivity contribution in [2.24, 2.45) is 7.05 Å². The zero-order chi connectivity index (χ0) is 23.3. The summed E-state index contributed by atoms with van der Waals surface area (Å²) in [5.41, 5.74) is 4.87. The number of rotatable bonds is 7. The highest BCUT2D eigenvalue weighted by Crippen LogP contribution is 2.32. The largest absolute Gasteiger partial charge is 0.365 e. The maximum Gasteiger partial charge on any atom is 0.138 e. The Balaban J connectivity index is 1.46. The first-order valence-electron chi connectivity index (χ1n) is 11.4. The molecule has 0 fully saturated rings. The lowest BCUT2D eigenvalue weighted by atomic mass is 9.93. The molecular weight excluding hydrogens is 418 g/mol. The number of fused-ring (bicyclic) bond motifs is 1. The number of benzene rings is 4. The van der Waals surface area contributed by atoms with Crippen molar-refractivity contribution in [1.29, 1.82) is 5.26 Å². The van der Waals surface area contributed by atoms with E-state index in [0.717, 1.165) is 39.7 Å². The zero-order valence-electron chi connectivity index (χ0n) is 19.1. The molecule has 1 aromatic heterocycles. The Labute approximate surface area is 199 Å². The molecule has 0 spiro atoms. The van der Waals surface area contributed by atoms with Crippen molar-refractivity contribution in [3.8, 4) is 17.2 Å². The summed E-state index contributed by atoms with van der Waals surface area (Å²) in [5, 5.41) is 12.1. The topological polar surface area (TPSA) is 50.8 Å². The summed E-state index contributed by atoms with van der Waals surface area (Å²) in [6, 6.07) is 33.1. The molecule has 1 heterocycles. The third-order valence-electron chi connectivity index (χ3n) is 6.15. The zero-order valence-corrected chi connectivity index (χ0v) is 19.1. The first kappa shape index (κ1) is 21.6. The Kier molecular flexibility index (Phi) is 6.20. The molecule has 0 bridgehead atoms. The van der Waals surface area contributed by atoms with Crippen molar-refractivity contribution in [3.05, 3.63) is 126 Å². The summed E-state index contributed by atoms with van der Waals surface area (Å²) in [6.45, 7) is 0.424. The fraction of sp³-hybridized carbons (Fsp3) is 0.133. The van der Waals surface area contributed by atoms with Crippen molar-refractivity contribution in [2.75, 3.05) is 0 Å². The maximum atomic E-state index is 9.79. The van der Waals surface area contributed by atoms with Crippen LogP contribution in [0, 0.1) is 11.3 Å². The minimum absolute atomic E-state index is 0.181. The molecule has 34 heavy (non-hydrogen) atoms.